The monoisotopic (exact) mass is 334 g/mol. The minimum atomic E-state index is -4.21. The number of hydrogen-bond acceptors (Lipinski definition) is 7. The van der Waals surface area contributed by atoms with E-state index < -0.39 is 31.6 Å². The smallest absolute Gasteiger partial charge is 0.359 e. The van der Waals surface area contributed by atoms with Gasteiger partial charge in [-0.25, -0.2) is 9.09 Å². The van der Waals surface area contributed by atoms with Crippen LogP contribution in [0.1, 0.15) is 34.1 Å². The molecular weight excluding hydrogens is 311 g/mol. The van der Waals surface area contributed by atoms with Crippen LogP contribution in [0.2, 0.25) is 0 Å². The lowest BCUT2D eigenvalue weighted by Gasteiger charge is -2.29. The first-order valence-corrected chi connectivity index (χ1v) is 8.18. The fourth-order valence-corrected chi connectivity index (χ4v) is 2.78. The predicted octanol–water partition coefficient (Wildman–Crippen LogP) is 2.55. The average molecular weight is 334 g/mol. The molecular formula is C14H23O7P. The van der Waals surface area contributed by atoms with Crippen molar-refractivity contribution >= 4 is 19.4 Å². The Hall–Kier alpha value is -1.11. The standard InChI is InChI=1S/C14H23O7P/c1-7-19-22(18,20-8-2)21-14(17,13(16)11(5)6)9-12(15)10(3)4/h17H,3,5,7-9H2,1-2,4,6H3. The van der Waals surface area contributed by atoms with Crippen LogP contribution in [0, 0.1) is 0 Å². The fourth-order valence-electron chi connectivity index (χ4n) is 1.45. The topological polar surface area (TPSA) is 99.1 Å². The minimum Gasteiger partial charge on any atom is -0.359 e. The van der Waals surface area contributed by atoms with Crippen molar-refractivity contribution in [1.29, 1.82) is 0 Å². The Labute approximate surface area is 130 Å². The van der Waals surface area contributed by atoms with Gasteiger partial charge >= 0.3 is 7.82 Å². The predicted molar refractivity (Wildman–Crippen MR) is 81.2 cm³/mol. The number of carbonyl (C=O) groups excluding carboxylic acids is 2. The van der Waals surface area contributed by atoms with Crippen LogP contribution in [0.15, 0.2) is 24.3 Å². The normalized spacial score (nSPS) is 14.2. The highest BCUT2D eigenvalue weighted by molar-refractivity contribution is 7.48. The van der Waals surface area contributed by atoms with Gasteiger partial charge in [-0.1, -0.05) is 13.2 Å². The summed E-state index contributed by atoms with van der Waals surface area (Å²) in [6, 6.07) is 0. The Bertz CT molecular complexity index is 501. The second-order valence-corrected chi connectivity index (χ2v) is 6.24. The molecule has 22 heavy (non-hydrogen) atoms. The van der Waals surface area contributed by atoms with Gasteiger partial charge in [0, 0.05) is 0 Å². The molecule has 0 rings (SSSR count). The number of aliphatic hydroxyl groups is 1. The van der Waals surface area contributed by atoms with Crippen molar-refractivity contribution in [3.8, 4) is 0 Å². The Morgan fingerprint density at radius 2 is 1.55 bits per heavy atom. The van der Waals surface area contributed by atoms with Gasteiger partial charge in [-0.3, -0.25) is 18.6 Å². The summed E-state index contributed by atoms with van der Waals surface area (Å²) in [5.41, 5.74) is 0.0377. The van der Waals surface area contributed by atoms with Crippen LogP contribution in [-0.2, 0) is 27.7 Å². The van der Waals surface area contributed by atoms with Gasteiger partial charge in [0.2, 0.25) is 11.6 Å². The van der Waals surface area contributed by atoms with Gasteiger partial charge in [-0.05, 0) is 38.8 Å². The number of Topliss-reactive ketones (excluding diaryl/α,β-unsaturated/α-hetero) is 2. The first-order valence-electron chi connectivity index (χ1n) is 6.72. The fraction of sp³-hybridized carbons (Fsp3) is 0.571. The summed E-state index contributed by atoms with van der Waals surface area (Å²) in [5.74, 6) is -4.31. The van der Waals surface area contributed by atoms with E-state index in [9.17, 15) is 19.3 Å². The van der Waals surface area contributed by atoms with E-state index in [1.165, 1.54) is 27.7 Å². The molecule has 0 saturated carbocycles. The number of rotatable bonds is 11. The van der Waals surface area contributed by atoms with Crippen LogP contribution in [-0.4, -0.2) is 35.7 Å². The highest BCUT2D eigenvalue weighted by Crippen LogP contribution is 2.53. The summed E-state index contributed by atoms with van der Waals surface area (Å²) in [5, 5.41) is 10.4. The number of phosphoric ester groups is 1. The maximum Gasteiger partial charge on any atom is 0.477 e. The van der Waals surface area contributed by atoms with Gasteiger partial charge in [0.1, 0.15) is 0 Å². The molecule has 0 aliphatic rings. The maximum absolute atomic E-state index is 12.4. The quantitative estimate of drug-likeness (QED) is 0.352. The molecule has 0 fully saturated rings. The van der Waals surface area contributed by atoms with E-state index in [0.717, 1.165) is 0 Å². The van der Waals surface area contributed by atoms with Crippen molar-refractivity contribution < 1.29 is 32.8 Å². The second-order valence-electron chi connectivity index (χ2n) is 4.65. The summed E-state index contributed by atoms with van der Waals surface area (Å²) >= 11 is 0. The Kier molecular flexibility index (Phi) is 8.07. The Morgan fingerprint density at radius 1 is 1.09 bits per heavy atom. The lowest BCUT2D eigenvalue weighted by molar-refractivity contribution is -0.178. The summed E-state index contributed by atoms with van der Waals surface area (Å²) in [6.45, 7) is 12.6. The van der Waals surface area contributed by atoms with E-state index in [1.807, 2.05) is 0 Å². The third-order valence-corrected chi connectivity index (χ3v) is 4.13. The first-order chi connectivity index (χ1) is 10.0. The van der Waals surface area contributed by atoms with E-state index in [4.69, 9.17) is 13.6 Å². The lowest BCUT2D eigenvalue weighted by Crippen LogP contribution is -2.43. The molecule has 0 aromatic heterocycles. The second kappa shape index (κ2) is 8.50. The van der Waals surface area contributed by atoms with Crippen LogP contribution in [0.25, 0.3) is 0 Å². The van der Waals surface area contributed by atoms with Crippen LogP contribution in [0.4, 0.5) is 0 Å². The molecule has 0 aliphatic heterocycles. The van der Waals surface area contributed by atoms with E-state index in [0.29, 0.717) is 0 Å². The highest BCUT2D eigenvalue weighted by atomic mass is 31.2. The molecule has 0 saturated heterocycles. The van der Waals surface area contributed by atoms with Crippen LogP contribution < -0.4 is 0 Å². The van der Waals surface area contributed by atoms with Gasteiger partial charge in [-0.2, -0.15) is 0 Å². The van der Waals surface area contributed by atoms with Crippen LogP contribution in [0.5, 0.6) is 0 Å². The molecule has 126 valence electrons. The molecule has 1 unspecified atom stereocenters. The van der Waals surface area contributed by atoms with Crippen LogP contribution >= 0.6 is 7.82 Å². The summed E-state index contributed by atoms with van der Waals surface area (Å²) in [6.07, 6.45) is -0.766. The molecule has 7 nitrogen and oxygen atoms in total. The zero-order chi connectivity index (χ0) is 17.6. The van der Waals surface area contributed by atoms with Crippen LogP contribution in [0.3, 0.4) is 0 Å². The summed E-state index contributed by atoms with van der Waals surface area (Å²) in [4.78, 5) is 23.9. The summed E-state index contributed by atoms with van der Waals surface area (Å²) < 4.78 is 27.1. The van der Waals surface area contributed by atoms with Crippen molar-refractivity contribution in [2.24, 2.45) is 0 Å². The Morgan fingerprint density at radius 3 is 1.86 bits per heavy atom. The summed E-state index contributed by atoms with van der Waals surface area (Å²) in [7, 11) is -4.21. The molecule has 8 heteroatoms. The van der Waals surface area contributed by atoms with Crippen molar-refractivity contribution in [2.75, 3.05) is 13.2 Å². The van der Waals surface area contributed by atoms with E-state index >= 15 is 0 Å². The third kappa shape index (κ3) is 5.94. The lowest BCUT2D eigenvalue weighted by atomic mass is 9.98. The van der Waals surface area contributed by atoms with Crippen molar-refractivity contribution in [3.05, 3.63) is 24.3 Å². The van der Waals surface area contributed by atoms with Gasteiger partial charge < -0.3 is 5.11 Å². The van der Waals surface area contributed by atoms with Crippen molar-refractivity contribution in [2.45, 2.75) is 39.9 Å². The largest absolute Gasteiger partial charge is 0.477 e. The molecule has 0 radical (unpaired) electrons. The molecule has 0 aromatic rings. The molecule has 1 atom stereocenters. The van der Waals surface area contributed by atoms with E-state index in [-0.39, 0.29) is 24.4 Å². The van der Waals surface area contributed by atoms with Gasteiger partial charge in [0.25, 0.3) is 0 Å². The van der Waals surface area contributed by atoms with Gasteiger partial charge in [0.15, 0.2) is 5.78 Å². The highest BCUT2D eigenvalue weighted by Gasteiger charge is 2.47. The zero-order valence-corrected chi connectivity index (χ0v) is 14.3. The van der Waals surface area contributed by atoms with Gasteiger partial charge in [-0.15, -0.1) is 0 Å². The number of phosphoric acid groups is 1. The van der Waals surface area contributed by atoms with Crippen molar-refractivity contribution in [1.82, 2.24) is 0 Å². The molecule has 0 heterocycles. The SMILES string of the molecule is C=C(C)C(=O)CC(O)(OP(=O)(OCC)OCC)C(=O)C(=C)C. The molecule has 0 aromatic carbocycles. The number of allylic oxidation sites excluding steroid dienone is 1. The molecule has 0 bridgehead atoms. The Balaban J connectivity index is 5.61. The van der Waals surface area contributed by atoms with Gasteiger partial charge in [0.05, 0.1) is 19.6 Å². The minimum absolute atomic E-state index is 0.0386. The number of carbonyl (C=O) groups is 2. The molecule has 0 spiro atoms. The molecule has 1 N–H and O–H groups in total. The zero-order valence-electron chi connectivity index (χ0n) is 13.4. The first kappa shape index (κ1) is 20.9. The maximum atomic E-state index is 12.4. The average Bonchev–Trinajstić information content (AvgIpc) is 2.37. The van der Waals surface area contributed by atoms with Crippen molar-refractivity contribution in [3.63, 3.8) is 0 Å². The molecule has 0 amide bonds. The van der Waals surface area contributed by atoms with E-state index in [1.54, 1.807) is 0 Å². The third-order valence-electron chi connectivity index (χ3n) is 2.46. The number of hydrogen-bond donors (Lipinski definition) is 1. The molecule has 0 aliphatic carbocycles. The van der Waals surface area contributed by atoms with E-state index in [2.05, 4.69) is 13.2 Å². The number of ketones is 2.